The maximum Gasteiger partial charge on any atom is 0.223 e. The Morgan fingerprint density at radius 2 is 1.95 bits per heavy atom. The maximum atomic E-state index is 12.4. The maximum absolute atomic E-state index is 12.4. The van der Waals surface area contributed by atoms with Crippen molar-refractivity contribution >= 4 is 27.3 Å². The summed E-state index contributed by atoms with van der Waals surface area (Å²) in [4.78, 5) is 14.9. The number of rotatable bonds is 4. The molecule has 124 valence electrons. The summed E-state index contributed by atoms with van der Waals surface area (Å²) in [6, 6.07) is 2.11. The number of amides is 1. The lowest BCUT2D eigenvalue weighted by atomic mass is 9.96. The predicted molar refractivity (Wildman–Crippen MR) is 89.5 cm³/mol. The van der Waals surface area contributed by atoms with E-state index < -0.39 is 10.0 Å². The molecule has 1 amide bonds. The third-order valence-corrected chi connectivity index (χ3v) is 6.48. The number of hydrogen-bond donors (Lipinski definition) is 1. The van der Waals surface area contributed by atoms with Gasteiger partial charge in [0.25, 0.3) is 0 Å². The van der Waals surface area contributed by atoms with Gasteiger partial charge in [0.15, 0.2) is 0 Å². The van der Waals surface area contributed by atoms with Gasteiger partial charge in [0.2, 0.25) is 15.9 Å². The average molecular weight is 345 g/mol. The zero-order valence-corrected chi connectivity index (χ0v) is 15.2. The molecular weight excluding hydrogens is 320 g/mol. The van der Waals surface area contributed by atoms with Crippen molar-refractivity contribution in [1.82, 2.24) is 9.62 Å². The summed E-state index contributed by atoms with van der Waals surface area (Å²) in [5.41, 5.74) is 1.17. The van der Waals surface area contributed by atoms with Gasteiger partial charge in [-0.25, -0.2) is 12.7 Å². The Kier molecular flexibility index (Phi) is 5.29. The van der Waals surface area contributed by atoms with Gasteiger partial charge in [0.05, 0.1) is 12.3 Å². The molecule has 2 rings (SSSR count). The Hall–Kier alpha value is -0.920. The van der Waals surface area contributed by atoms with Crippen LogP contribution in [0.15, 0.2) is 6.07 Å². The van der Waals surface area contributed by atoms with Gasteiger partial charge in [-0.2, -0.15) is 0 Å². The first-order valence-electron chi connectivity index (χ1n) is 7.51. The van der Waals surface area contributed by atoms with E-state index >= 15 is 0 Å². The fourth-order valence-corrected chi connectivity index (χ4v) is 4.84. The molecule has 1 aliphatic heterocycles. The molecule has 0 aliphatic carbocycles. The van der Waals surface area contributed by atoms with Crippen LogP contribution in [0.25, 0.3) is 0 Å². The topological polar surface area (TPSA) is 66.5 Å². The summed E-state index contributed by atoms with van der Waals surface area (Å²) in [5, 5.41) is 3.07. The highest BCUT2D eigenvalue weighted by Gasteiger charge is 2.29. The molecule has 2 heterocycles. The van der Waals surface area contributed by atoms with Crippen molar-refractivity contribution in [3.8, 4) is 0 Å². The Morgan fingerprint density at radius 3 is 2.41 bits per heavy atom. The SMILES string of the molecule is Cc1cc(C(C)NC(=O)C2CCN(S(C)(=O)=O)CC2)c(C)s1. The first-order chi connectivity index (χ1) is 10.2. The first-order valence-corrected chi connectivity index (χ1v) is 10.2. The predicted octanol–water partition coefficient (Wildman–Crippen LogP) is 2.21. The molecule has 5 nitrogen and oxygen atoms in total. The second-order valence-electron chi connectivity index (χ2n) is 6.04. The number of nitrogens with zero attached hydrogens (tertiary/aromatic N) is 1. The zero-order valence-electron chi connectivity index (χ0n) is 13.5. The van der Waals surface area contributed by atoms with Crippen molar-refractivity contribution < 1.29 is 13.2 Å². The van der Waals surface area contributed by atoms with Crippen LogP contribution in [0.1, 0.15) is 41.1 Å². The van der Waals surface area contributed by atoms with Crippen molar-refractivity contribution in [2.24, 2.45) is 5.92 Å². The third kappa shape index (κ3) is 4.08. The van der Waals surface area contributed by atoms with E-state index in [-0.39, 0.29) is 17.9 Å². The monoisotopic (exact) mass is 344 g/mol. The smallest absolute Gasteiger partial charge is 0.223 e. The van der Waals surface area contributed by atoms with Crippen LogP contribution in [0.3, 0.4) is 0 Å². The van der Waals surface area contributed by atoms with Gasteiger partial charge < -0.3 is 5.32 Å². The van der Waals surface area contributed by atoms with Crippen LogP contribution in [0.2, 0.25) is 0 Å². The van der Waals surface area contributed by atoms with Crippen LogP contribution in [-0.2, 0) is 14.8 Å². The number of aryl methyl sites for hydroxylation is 2. The number of thiophene rings is 1. The summed E-state index contributed by atoms with van der Waals surface area (Å²) in [6.07, 6.45) is 2.40. The molecule has 1 atom stereocenters. The molecular formula is C15H24N2O3S2. The summed E-state index contributed by atoms with van der Waals surface area (Å²) >= 11 is 1.74. The van der Waals surface area contributed by atoms with Gasteiger partial charge in [0.1, 0.15) is 0 Å². The molecule has 1 unspecified atom stereocenters. The van der Waals surface area contributed by atoms with E-state index in [0.717, 1.165) is 0 Å². The summed E-state index contributed by atoms with van der Waals surface area (Å²) in [5.74, 6) is -0.0654. The van der Waals surface area contributed by atoms with Gasteiger partial charge in [0, 0.05) is 28.8 Å². The molecule has 1 aromatic heterocycles. The number of piperidine rings is 1. The highest BCUT2D eigenvalue weighted by atomic mass is 32.2. The second-order valence-corrected chi connectivity index (χ2v) is 9.48. The lowest BCUT2D eigenvalue weighted by molar-refractivity contribution is -0.126. The van der Waals surface area contributed by atoms with Gasteiger partial charge in [-0.05, 0) is 45.2 Å². The van der Waals surface area contributed by atoms with Crippen LogP contribution in [0.4, 0.5) is 0 Å². The van der Waals surface area contributed by atoms with E-state index in [1.807, 2.05) is 6.92 Å². The summed E-state index contributed by atoms with van der Waals surface area (Å²) in [6.45, 7) is 7.00. The van der Waals surface area contributed by atoms with Crippen LogP contribution >= 0.6 is 11.3 Å². The van der Waals surface area contributed by atoms with Crippen LogP contribution < -0.4 is 5.32 Å². The van der Waals surface area contributed by atoms with E-state index in [0.29, 0.717) is 25.9 Å². The Morgan fingerprint density at radius 1 is 1.36 bits per heavy atom. The Bertz CT molecular complexity index is 644. The van der Waals surface area contributed by atoms with Crippen LogP contribution in [0.5, 0.6) is 0 Å². The highest BCUT2D eigenvalue weighted by Crippen LogP contribution is 2.27. The van der Waals surface area contributed by atoms with Crippen molar-refractivity contribution in [2.45, 2.75) is 39.7 Å². The van der Waals surface area contributed by atoms with Crippen molar-refractivity contribution in [2.75, 3.05) is 19.3 Å². The zero-order chi connectivity index (χ0) is 16.5. The van der Waals surface area contributed by atoms with E-state index in [9.17, 15) is 13.2 Å². The molecule has 7 heteroatoms. The number of carbonyl (C=O) groups excluding carboxylic acids is 1. The largest absolute Gasteiger partial charge is 0.349 e. The standard InChI is InChI=1S/C15H24N2O3S2/c1-10-9-14(12(3)21-10)11(2)16-15(18)13-5-7-17(8-6-13)22(4,19)20/h9,11,13H,5-8H2,1-4H3,(H,16,18). The molecule has 0 saturated carbocycles. The summed E-state index contributed by atoms with van der Waals surface area (Å²) < 4.78 is 24.4. The molecule has 0 spiro atoms. The fourth-order valence-electron chi connectivity index (χ4n) is 2.94. The van der Waals surface area contributed by atoms with Gasteiger partial charge in [-0.15, -0.1) is 11.3 Å². The van der Waals surface area contributed by atoms with E-state index in [4.69, 9.17) is 0 Å². The van der Waals surface area contributed by atoms with Crippen molar-refractivity contribution in [3.63, 3.8) is 0 Å². The third-order valence-electron chi connectivity index (χ3n) is 4.20. The van der Waals surface area contributed by atoms with Gasteiger partial charge in [-0.3, -0.25) is 4.79 Å². The molecule has 22 heavy (non-hydrogen) atoms. The lowest BCUT2D eigenvalue weighted by Crippen LogP contribution is -2.43. The van der Waals surface area contributed by atoms with Gasteiger partial charge in [-0.1, -0.05) is 0 Å². The first kappa shape index (κ1) is 17.4. The van der Waals surface area contributed by atoms with Crippen molar-refractivity contribution in [1.29, 1.82) is 0 Å². The van der Waals surface area contributed by atoms with Crippen LogP contribution in [-0.4, -0.2) is 38.0 Å². The molecule has 0 aromatic carbocycles. The number of carbonyl (C=O) groups is 1. The second kappa shape index (κ2) is 6.68. The number of hydrogen-bond acceptors (Lipinski definition) is 4. The number of sulfonamides is 1. The molecule has 1 fully saturated rings. The minimum Gasteiger partial charge on any atom is -0.349 e. The van der Waals surface area contributed by atoms with Crippen molar-refractivity contribution in [3.05, 3.63) is 21.4 Å². The fraction of sp³-hybridized carbons (Fsp3) is 0.667. The summed E-state index contributed by atoms with van der Waals surface area (Å²) in [7, 11) is -3.14. The van der Waals surface area contributed by atoms with Crippen LogP contribution in [0, 0.1) is 19.8 Å². The lowest BCUT2D eigenvalue weighted by Gasteiger charge is -2.30. The Labute approximate surface area is 136 Å². The molecule has 0 radical (unpaired) electrons. The minimum absolute atomic E-state index is 0.00890. The molecule has 1 saturated heterocycles. The van der Waals surface area contributed by atoms with Gasteiger partial charge >= 0.3 is 0 Å². The highest BCUT2D eigenvalue weighted by molar-refractivity contribution is 7.88. The number of nitrogens with one attached hydrogen (secondary N) is 1. The van der Waals surface area contributed by atoms with E-state index in [1.54, 1.807) is 11.3 Å². The minimum atomic E-state index is -3.14. The molecule has 1 aromatic rings. The molecule has 1 aliphatic rings. The molecule has 0 bridgehead atoms. The van der Waals surface area contributed by atoms with E-state index in [1.165, 1.54) is 25.9 Å². The Balaban J connectivity index is 1.92. The average Bonchev–Trinajstić information content (AvgIpc) is 2.77. The normalized spacial score (nSPS) is 19.1. The van der Waals surface area contributed by atoms with E-state index in [2.05, 4.69) is 25.2 Å². The molecule has 1 N–H and O–H groups in total. The quantitative estimate of drug-likeness (QED) is 0.911.